The van der Waals surface area contributed by atoms with Gasteiger partial charge < -0.3 is 9.47 Å². The fourth-order valence-corrected chi connectivity index (χ4v) is 6.78. The van der Waals surface area contributed by atoms with Crippen molar-refractivity contribution in [2.75, 3.05) is 7.11 Å². The number of fused-ring (bicyclic) bond motifs is 3. The number of halogens is 2. The van der Waals surface area contributed by atoms with E-state index in [0.717, 1.165) is 40.8 Å². The molecule has 214 valence electrons. The van der Waals surface area contributed by atoms with E-state index in [4.69, 9.17) is 14.5 Å². The van der Waals surface area contributed by atoms with Crippen molar-refractivity contribution in [3.05, 3.63) is 156 Å². The van der Waals surface area contributed by atoms with Gasteiger partial charge in [-0.3, -0.25) is 9.36 Å². The van der Waals surface area contributed by atoms with E-state index in [9.17, 15) is 13.6 Å². The Kier molecular flexibility index (Phi) is 6.99. The Bertz CT molecular complexity index is 2080. The van der Waals surface area contributed by atoms with Gasteiger partial charge in [-0.25, -0.2) is 13.8 Å². The van der Waals surface area contributed by atoms with Gasteiger partial charge in [0.2, 0.25) is 0 Å². The van der Waals surface area contributed by atoms with E-state index in [1.165, 1.54) is 42.2 Å². The first-order chi connectivity index (χ1) is 21.0. The Morgan fingerprint density at radius 1 is 0.953 bits per heavy atom. The third kappa shape index (κ3) is 4.97. The minimum absolute atomic E-state index is 0.0537. The molecule has 0 bridgehead atoms. The Morgan fingerprint density at radius 3 is 2.56 bits per heavy atom. The number of rotatable bonds is 6. The maximum atomic E-state index is 14.1. The molecule has 1 aliphatic heterocycles. The van der Waals surface area contributed by atoms with E-state index in [1.54, 1.807) is 47.0 Å². The van der Waals surface area contributed by atoms with Crippen molar-refractivity contribution in [3.8, 4) is 11.5 Å². The maximum absolute atomic E-state index is 14.1. The van der Waals surface area contributed by atoms with Crippen molar-refractivity contribution in [1.29, 1.82) is 0 Å². The van der Waals surface area contributed by atoms with Crippen LogP contribution in [0.5, 0.6) is 11.5 Å². The second-order valence-electron chi connectivity index (χ2n) is 10.5. The molecule has 0 N–H and O–H groups in total. The standard InChI is InChI=1S/C35H26F2N2O3S/c1-41-30-18-21(10-17-29(30)42-20-24-7-3-5-9-28(24)37)19-31-34(40)39-33(23-11-14-25(36)15-12-23)27-16-13-22-6-2-4-8-26(22)32(27)38-35(39)43-31/h2-12,14-15,17-19,33H,13,16,20H2,1H3/b31-19+/t33-/m1/s1. The summed E-state index contributed by atoms with van der Waals surface area (Å²) in [6, 6.07) is 26.0. The van der Waals surface area contributed by atoms with Crippen LogP contribution in [0, 0.1) is 11.6 Å². The van der Waals surface area contributed by atoms with E-state index in [2.05, 4.69) is 12.1 Å². The van der Waals surface area contributed by atoms with Gasteiger partial charge >= 0.3 is 0 Å². The molecule has 1 aromatic heterocycles. The first-order valence-electron chi connectivity index (χ1n) is 13.9. The summed E-state index contributed by atoms with van der Waals surface area (Å²) in [5, 5.41) is 0. The second-order valence-corrected chi connectivity index (χ2v) is 11.5. The zero-order chi connectivity index (χ0) is 29.5. The van der Waals surface area contributed by atoms with Crippen LogP contribution in [0.15, 0.2) is 106 Å². The molecule has 0 saturated heterocycles. The Hall–Kier alpha value is -4.82. The van der Waals surface area contributed by atoms with Crippen LogP contribution in [0.3, 0.4) is 0 Å². The lowest BCUT2D eigenvalue weighted by molar-refractivity contribution is 0.279. The van der Waals surface area contributed by atoms with Crippen molar-refractivity contribution >= 4 is 23.1 Å². The van der Waals surface area contributed by atoms with Gasteiger partial charge in [0.25, 0.3) is 5.56 Å². The molecule has 1 atom stereocenters. The van der Waals surface area contributed by atoms with E-state index in [0.29, 0.717) is 26.4 Å². The average Bonchev–Trinajstić information content (AvgIpc) is 3.34. The highest BCUT2D eigenvalue weighted by molar-refractivity contribution is 7.07. The Labute approximate surface area is 250 Å². The molecule has 5 nitrogen and oxygen atoms in total. The summed E-state index contributed by atoms with van der Waals surface area (Å²) < 4.78 is 41.6. The summed E-state index contributed by atoms with van der Waals surface area (Å²) in [7, 11) is 1.54. The number of benzene rings is 4. The zero-order valence-corrected chi connectivity index (χ0v) is 24.0. The lowest BCUT2D eigenvalue weighted by atomic mass is 9.83. The summed E-state index contributed by atoms with van der Waals surface area (Å²) in [5.41, 5.74) is 6.11. The SMILES string of the molecule is COc1cc(/C=c2/sc3n(c2=O)[C@H](c2ccc(F)cc2)C2=C(N=3)c3ccccc3CC2)ccc1OCc1ccccc1F. The number of allylic oxidation sites excluding steroid dienone is 1. The molecule has 4 aromatic carbocycles. The molecule has 0 radical (unpaired) electrons. The van der Waals surface area contributed by atoms with Crippen LogP contribution >= 0.6 is 11.3 Å². The van der Waals surface area contributed by atoms with Crippen molar-refractivity contribution in [2.24, 2.45) is 4.99 Å². The summed E-state index contributed by atoms with van der Waals surface area (Å²) in [4.78, 5) is 19.6. The normalized spacial score (nSPS) is 15.8. The topological polar surface area (TPSA) is 52.8 Å². The number of aryl methyl sites for hydroxylation is 1. The smallest absolute Gasteiger partial charge is 0.271 e. The number of ether oxygens (including phenoxy) is 2. The third-order valence-electron chi connectivity index (χ3n) is 7.89. The fourth-order valence-electron chi connectivity index (χ4n) is 5.78. The first-order valence-corrected chi connectivity index (χ1v) is 14.7. The minimum Gasteiger partial charge on any atom is -0.493 e. The number of nitrogens with zero attached hydrogens (tertiary/aromatic N) is 2. The molecule has 1 aliphatic carbocycles. The second kappa shape index (κ2) is 11.1. The van der Waals surface area contributed by atoms with Crippen molar-refractivity contribution in [3.63, 3.8) is 0 Å². The van der Waals surface area contributed by atoms with Crippen LogP contribution in [0.2, 0.25) is 0 Å². The van der Waals surface area contributed by atoms with Gasteiger partial charge in [0.15, 0.2) is 16.3 Å². The van der Waals surface area contributed by atoms with E-state index in [-0.39, 0.29) is 29.8 Å². The number of hydrogen-bond donors (Lipinski definition) is 0. The molecular formula is C35H26F2N2O3S. The van der Waals surface area contributed by atoms with Crippen molar-refractivity contribution in [1.82, 2.24) is 4.57 Å². The van der Waals surface area contributed by atoms with Crippen LogP contribution in [-0.4, -0.2) is 11.7 Å². The molecule has 0 spiro atoms. The Morgan fingerprint density at radius 2 is 1.74 bits per heavy atom. The summed E-state index contributed by atoms with van der Waals surface area (Å²) in [6.45, 7) is 0.0537. The predicted octanol–water partition coefficient (Wildman–Crippen LogP) is 6.18. The van der Waals surface area contributed by atoms with Gasteiger partial charge in [0.1, 0.15) is 18.2 Å². The zero-order valence-electron chi connectivity index (χ0n) is 23.2. The highest BCUT2D eigenvalue weighted by Gasteiger charge is 2.32. The monoisotopic (exact) mass is 592 g/mol. The minimum atomic E-state index is -0.383. The first kappa shape index (κ1) is 27.0. The quantitative estimate of drug-likeness (QED) is 0.237. The van der Waals surface area contributed by atoms with Gasteiger partial charge in [0, 0.05) is 11.1 Å². The number of hydrogen-bond acceptors (Lipinski definition) is 5. The van der Waals surface area contributed by atoms with Gasteiger partial charge in [-0.1, -0.05) is 72.0 Å². The predicted molar refractivity (Wildman–Crippen MR) is 163 cm³/mol. The fraction of sp³-hybridized carbons (Fsp3) is 0.143. The molecule has 0 saturated carbocycles. The average molecular weight is 593 g/mol. The van der Waals surface area contributed by atoms with Gasteiger partial charge in [-0.2, -0.15) is 0 Å². The number of thiazole rings is 1. The van der Waals surface area contributed by atoms with Crippen LogP contribution in [0.4, 0.5) is 8.78 Å². The largest absolute Gasteiger partial charge is 0.493 e. The molecule has 5 aromatic rings. The highest BCUT2D eigenvalue weighted by atomic mass is 32.1. The summed E-state index contributed by atoms with van der Waals surface area (Å²) in [5.74, 6) is 0.272. The molecule has 7 rings (SSSR count). The third-order valence-corrected chi connectivity index (χ3v) is 8.87. The molecule has 8 heteroatoms. The summed E-state index contributed by atoms with van der Waals surface area (Å²) in [6.07, 6.45) is 3.41. The van der Waals surface area contributed by atoms with Crippen LogP contribution < -0.4 is 24.4 Å². The van der Waals surface area contributed by atoms with Crippen molar-refractivity contribution in [2.45, 2.75) is 25.5 Å². The number of aromatic nitrogens is 1. The molecule has 43 heavy (non-hydrogen) atoms. The van der Waals surface area contributed by atoms with Crippen LogP contribution in [0.1, 0.15) is 40.3 Å². The van der Waals surface area contributed by atoms with Crippen LogP contribution in [-0.2, 0) is 13.0 Å². The molecule has 0 unspecified atom stereocenters. The number of methoxy groups -OCH3 is 1. The molecule has 0 amide bonds. The summed E-state index contributed by atoms with van der Waals surface area (Å²) >= 11 is 1.32. The van der Waals surface area contributed by atoms with Gasteiger partial charge in [-0.05, 0) is 71.5 Å². The molecule has 2 heterocycles. The highest BCUT2D eigenvalue weighted by Crippen LogP contribution is 2.41. The van der Waals surface area contributed by atoms with E-state index >= 15 is 0 Å². The van der Waals surface area contributed by atoms with Gasteiger partial charge in [0.05, 0.1) is 23.4 Å². The van der Waals surface area contributed by atoms with Crippen LogP contribution in [0.25, 0.3) is 11.8 Å². The Balaban J connectivity index is 1.31. The lowest BCUT2D eigenvalue weighted by Crippen LogP contribution is -2.38. The van der Waals surface area contributed by atoms with Gasteiger partial charge in [-0.15, -0.1) is 0 Å². The molecule has 0 fully saturated rings. The van der Waals surface area contributed by atoms with E-state index < -0.39 is 0 Å². The lowest BCUT2D eigenvalue weighted by Gasteiger charge is -2.30. The maximum Gasteiger partial charge on any atom is 0.271 e. The molecule has 2 aliphatic rings. The molecular weight excluding hydrogens is 566 g/mol. The van der Waals surface area contributed by atoms with E-state index in [1.807, 2.05) is 24.3 Å². The van der Waals surface area contributed by atoms with Crippen molar-refractivity contribution < 1.29 is 18.3 Å².